The summed E-state index contributed by atoms with van der Waals surface area (Å²) in [5.74, 6) is 2.00. The molecule has 5 rings (SSSR count). The summed E-state index contributed by atoms with van der Waals surface area (Å²) >= 11 is 0. The van der Waals surface area contributed by atoms with Crippen LogP contribution in [0.2, 0.25) is 5.04 Å². The third-order valence-electron chi connectivity index (χ3n) is 7.91. The van der Waals surface area contributed by atoms with Gasteiger partial charge in [-0.3, -0.25) is 4.79 Å². The second-order valence-electron chi connectivity index (χ2n) is 9.93. The smallest absolute Gasteiger partial charge is 0.258 e. The first-order chi connectivity index (χ1) is 14.4. The Morgan fingerprint density at radius 2 is 1.50 bits per heavy atom. The van der Waals surface area contributed by atoms with Crippen LogP contribution in [0.5, 0.6) is 0 Å². The Kier molecular flexibility index (Phi) is 4.72. The predicted octanol–water partition coefficient (Wildman–Crippen LogP) is 4.25. The van der Waals surface area contributed by atoms with Crippen molar-refractivity contribution in [2.24, 2.45) is 23.7 Å². The lowest BCUT2D eigenvalue weighted by atomic mass is 9.84. The Hall–Kier alpha value is -2.23. The van der Waals surface area contributed by atoms with Crippen molar-refractivity contribution in [2.75, 3.05) is 0 Å². The molecule has 0 heterocycles. The van der Waals surface area contributed by atoms with Gasteiger partial charge >= 0.3 is 0 Å². The second kappa shape index (κ2) is 7.18. The van der Waals surface area contributed by atoms with Crippen molar-refractivity contribution in [1.29, 1.82) is 0 Å². The van der Waals surface area contributed by atoms with Gasteiger partial charge in [0.15, 0.2) is 5.78 Å². The fourth-order valence-electron chi connectivity index (χ4n) is 6.13. The van der Waals surface area contributed by atoms with E-state index in [0.717, 1.165) is 35.2 Å². The normalized spacial score (nSPS) is 27.4. The second-order valence-corrected chi connectivity index (χ2v) is 13.9. The maximum Gasteiger partial charge on any atom is 0.258 e. The van der Waals surface area contributed by atoms with Crippen LogP contribution in [0.25, 0.3) is 0 Å². The summed E-state index contributed by atoms with van der Waals surface area (Å²) in [4.78, 5) is 25.4. The Morgan fingerprint density at radius 3 is 2.07 bits per heavy atom. The van der Waals surface area contributed by atoms with E-state index in [4.69, 9.17) is 0 Å². The molecule has 0 saturated heterocycles. The van der Waals surface area contributed by atoms with Gasteiger partial charge in [-0.15, -0.1) is 0 Å². The van der Waals surface area contributed by atoms with E-state index < -0.39 is 8.32 Å². The number of carbonyl (C=O) groups is 1. The molecule has 0 unspecified atom stereocenters. The summed E-state index contributed by atoms with van der Waals surface area (Å²) in [5, 5.41) is 1.75. The summed E-state index contributed by atoms with van der Waals surface area (Å²) in [6.45, 7) is 4.37. The van der Waals surface area contributed by atoms with Gasteiger partial charge in [-0.2, -0.15) is 0 Å². The zero-order valence-corrected chi connectivity index (χ0v) is 18.8. The predicted molar refractivity (Wildman–Crippen MR) is 124 cm³/mol. The summed E-state index contributed by atoms with van der Waals surface area (Å²) in [5.41, 5.74) is 1.01. The van der Waals surface area contributed by atoms with Gasteiger partial charge < -0.3 is 4.80 Å². The summed E-state index contributed by atoms with van der Waals surface area (Å²) in [6, 6.07) is 20.3. The van der Waals surface area contributed by atoms with Crippen molar-refractivity contribution in [1.82, 2.24) is 0 Å². The fraction of sp³-hybridized carbons (Fsp3) is 0.370. The SMILES string of the molecule is CC(C)(CCC1=C[C@@H]2[C@H](C1=O)[C@H]1C=C[C@@H]2C1)[Si](O)(c1ccccc1)c1ccccc1. The number of carbonyl (C=O) groups excluding carboxylic acids is 1. The lowest BCUT2D eigenvalue weighted by molar-refractivity contribution is -0.119. The first-order valence-corrected chi connectivity index (χ1v) is 13.1. The van der Waals surface area contributed by atoms with Crippen LogP contribution in [0.3, 0.4) is 0 Å². The van der Waals surface area contributed by atoms with Crippen LogP contribution in [0.15, 0.2) is 84.5 Å². The minimum atomic E-state index is -3.02. The molecule has 2 aromatic rings. The lowest BCUT2D eigenvalue weighted by Gasteiger charge is -2.41. The highest BCUT2D eigenvalue weighted by Gasteiger charge is 2.53. The van der Waals surface area contributed by atoms with Gasteiger partial charge in [0.1, 0.15) is 0 Å². The van der Waals surface area contributed by atoms with Crippen LogP contribution in [0.1, 0.15) is 33.1 Å². The van der Waals surface area contributed by atoms with Gasteiger partial charge in [-0.1, -0.05) is 92.7 Å². The van der Waals surface area contributed by atoms with Gasteiger partial charge in [-0.05, 0) is 58.0 Å². The highest BCUT2D eigenvalue weighted by Crippen LogP contribution is 2.54. The van der Waals surface area contributed by atoms with E-state index >= 15 is 0 Å². The number of ketones is 1. The maximum absolute atomic E-state index is 13.1. The molecule has 1 saturated carbocycles. The average Bonchev–Trinajstić information content (AvgIpc) is 3.47. The van der Waals surface area contributed by atoms with E-state index in [0.29, 0.717) is 23.5 Å². The molecule has 4 atom stereocenters. The zero-order valence-electron chi connectivity index (χ0n) is 17.8. The van der Waals surface area contributed by atoms with Gasteiger partial charge in [0.05, 0.1) is 0 Å². The Bertz CT molecular complexity index is 966. The minimum Gasteiger partial charge on any atom is -0.424 e. The number of Topliss-reactive ketones (excluding diaryl/α,β-unsaturated/α-hetero) is 1. The zero-order chi connectivity index (χ0) is 20.9. The molecular weight excluding hydrogens is 384 g/mol. The van der Waals surface area contributed by atoms with Crippen LogP contribution in [-0.4, -0.2) is 18.9 Å². The van der Waals surface area contributed by atoms with Crippen LogP contribution in [0.4, 0.5) is 0 Å². The molecule has 2 nitrogen and oxygen atoms in total. The summed E-state index contributed by atoms with van der Waals surface area (Å²) in [7, 11) is -3.02. The molecule has 0 aromatic heterocycles. The molecular formula is C27H30O2Si. The first-order valence-electron chi connectivity index (χ1n) is 11.2. The van der Waals surface area contributed by atoms with Crippen LogP contribution in [-0.2, 0) is 4.79 Å². The Balaban J connectivity index is 1.43. The van der Waals surface area contributed by atoms with Crippen molar-refractivity contribution in [3.8, 4) is 0 Å². The first kappa shape index (κ1) is 19.7. The Labute approximate surface area is 180 Å². The van der Waals surface area contributed by atoms with E-state index in [-0.39, 0.29) is 11.0 Å². The van der Waals surface area contributed by atoms with Crippen molar-refractivity contribution >= 4 is 24.5 Å². The number of hydrogen-bond donors (Lipinski definition) is 1. The molecule has 3 aliphatic rings. The van der Waals surface area contributed by atoms with Crippen LogP contribution >= 0.6 is 0 Å². The molecule has 30 heavy (non-hydrogen) atoms. The molecule has 0 radical (unpaired) electrons. The molecule has 0 spiro atoms. The molecule has 0 aliphatic heterocycles. The summed E-state index contributed by atoms with van der Waals surface area (Å²) < 4.78 is 0. The van der Waals surface area contributed by atoms with Gasteiger partial charge in [0.25, 0.3) is 8.32 Å². The van der Waals surface area contributed by atoms with E-state index in [2.05, 4.69) is 56.3 Å². The topological polar surface area (TPSA) is 37.3 Å². The van der Waals surface area contributed by atoms with Crippen molar-refractivity contribution in [3.05, 3.63) is 84.5 Å². The van der Waals surface area contributed by atoms with E-state index in [9.17, 15) is 9.59 Å². The lowest BCUT2D eigenvalue weighted by Crippen LogP contribution is -2.65. The molecule has 2 bridgehead atoms. The monoisotopic (exact) mass is 414 g/mol. The van der Waals surface area contributed by atoms with Crippen molar-refractivity contribution < 1.29 is 9.59 Å². The van der Waals surface area contributed by atoms with Crippen molar-refractivity contribution in [2.45, 2.75) is 38.1 Å². The number of hydrogen-bond acceptors (Lipinski definition) is 2. The highest BCUT2D eigenvalue weighted by molar-refractivity contribution is 6.98. The molecule has 1 fully saturated rings. The van der Waals surface area contributed by atoms with Gasteiger partial charge in [0.2, 0.25) is 0 Å². The van der Waals surface area contributed by atoms with Crippen molar-refractivity contribution in [3.63, 3.8) is 0 Å². The molecule has 1 N–H and O–H groups in total. The van der Waals surface area contributed by atoms with E-state index in [1.165, 1.54) is 0 Å². The number of allylic oxidation sites excluding steroid dienone is 4. The molecule has 0 amide bonds. The third kappa shape index (κ3) is 2.90. The largest absolute Gasteiger partial charge is 0.424 e. The average molecular weight is 415 g/mol. The number of fused-ring (bicyclic) bond motifs is 5. The number of rotatable bonds is 6. The maximum atomic E-state index is 13.1. The highest BCUT2D eigenvalue weighted by atomic mass is 28.4. The quantitative estimate of drug-likeness (QED) is 0.567. The van der Waals surface area contributed by atoms with Crippen LogP contribution < -0.4 is 10.4 Å². The Morgan fingerprint density at radius 1 is 0.933 bits per heavy atom. The van der Waals surface area contributed by atoms with Gasteiger partial charge in [0, 0.05) is 5.92 Å². The standard InChI is InChI=1S/C27H30O2Si/c1-27(2,16-15-21-18-24-19-13-14-20(17-19)25(24)26(21)28)30(29,22-9-5-3-6-10-22)23-11-7-4-8-12-23/h3-14,18-20,24-25,29H,15-17H2,1-2H3/t19-,20+,24+,25-/m1/s1. The summed E-state index contributed by atoms with van der Waals surface area (Å²) in [6.07, 6.45) is 9.58. The minimum absolute atomic E-state index is 0.192. The third-order valence-corrected chi connectivity index (χ3v) is 12.5. The molecule has 154 valence electrons. The molecule has 3 heteroatoms. The van der Waals surface area contributed by atoms with E-state index in [1.807, 2.05) is 36.4 Å². The van der Waals surface area contributed by atoms with E-state index in [1.54, 1.807) is 0 Å². The molecule has 3 aliphatic carbocycles. The van der Waals surface area contributed by atoms with Crippen LogP contribution in [0, 0.1) is 23.7 Å². The fourth-order valence-corrected chi connectivity index (χ4v) is 9.86. The number of benzene rings is 2. The molecule has 2 aromatic carbocycles. The van der Waals surface area contributed by atoms with Gasteiger partial charge in [-0.25, -0.2) is 0 Å².